The van der Waals surface area contributed by atoms with Gasteiger partial charge in [0.2, 0.25) is 0 Å². The second-order valence-corrected chi connectivity index (χ2v) is 1.68. The van der Waals surface area contributed by atoms with Crippen molar-refractivity contribution in [1.29, 1.82) is 0 Å². The van der Waals surface area contributed by atoms with Crippen LogP contribution in [-0.4, -0.2) is 19.1 Å². The third kappa shape index (κ3) is 3.73. The summed E-state index contributed by atoms with van der Waals surface area (Å²) in [5, 5.41) is 0. The van der Waals surface area contributed by atoms with E-state index in [-0.39, 0.29) is 18.4 Å². The molecular weight excluding hydrogens is 118 g/mol. The highest BCUT2D eigenvalue weighted by Crippen LogP contribution is 1.89. The fourth-order valence-corrected chi connectivity index (χ4v) is 0.359. The van der Waals surface area contributed by atoms with Crippen molar-refractivity contribution in [2.75, 3.05) is 7.11 Å². The number of methoxy groups -OCH3 is 1. The number of esters is 1. The van der Waals surface area contributed by atoms with Crippen molar-refractivity contribution in [1.82, 2.24) is 0 Å². The van der Waals surface area contributed by atoms with Gasteiger partial charge in [-0.3, -0.25) is 4.79 Å². The third-order valence-corrected chi connectivity index (χ3v) is 0.933. The lowest BCUT2D eigenvalue weighted by molar-refractivity contribution is -0.140. The van der Waals surface area contributed by atoms with Crippen LogP contribution in [0, 0.1) is 0 Å². The topological polar surface area (TPSA) is 52.3 Å². The summed E-state index contributed by atoms with van der Waals surface area (Å²) in [7, 11) is 1.33. The van der Waals surface area contributed by atoms with Gasteiger partial charge in [0, 0.05) is 6.04 Å². The smallest absolute Gasteiger partial charge is 0.307 e. The zero-order valence-corrected chi connectivity index (χ0v) is 5.46. The molecule has 9 heavy (non-hydrogen) atoms. The van der Waals surface area contributed by atoms with Crippen molar-refractivity contribution in [2.24, 2.45) is 5.73 Å². The van der Waals surface area contributed by atoms with Crippen molar-refractivity contribution >= 4 is 5.97 Å². The average Bonchev–Trinajstić information content (AvgIpc) is 1.87. The van der Waals surface area contributed by atoms with Gasteiger partial charge in [-0.1, -0.05) is 6.08 Å². The van der Waals surface area contributed by atoms with Gasteiger partial charge in [-0.15, -0.1) is 6.58 Å². The first-order chi connectivity index (χ1) is 4.20. The molecule has 3 heteroatoms. The van der Waals surface area contributed by atoms with E-state index in [2.05, 4.69) is 11.3 Å². The zero-order chi connectivity index (χ0) is 7.28. The minimum atomic E-state index is -0.303. The van der Waals surface area contributed by atoms with Gasteiger partial charge >= 0.3 is 5.97 Å². The van der Waals surface area contributed by atoms with Crippen molar-refractivity contribution in [3.8, 4) is 0 Å². The van der Waals surface area contributed by atoms with Gasteiger partial charge < -0.3 is 10.5 Å². The van der Waals surface area contributed by atoms with E-state index in [0.717, 1.165) is 0 Å². The van der Waals surface area contributed by atoms with E-state index in [1.165, 1.54) is 13.2 Å². The molecule has 0 unspecified atom stereocenters. The standard InChI is InChI=1S/C6H11NO2/c1-3-5(7)4-6(8)9-2/h3,5H,1,4,7H2,2H3/t5-/m1/s1. The Hall–Kier alpha value is -0.830. The van der Waals surface area contributed by atoms with Crippen molar-refractivity contribution < 1.29 is 9.53 Å². The van der Waals surface area contributed by atoms with Gasteiger partial charge in [0.1, 0.15) is 0 Å². The number of rotatable bonds is 3. The van der Waals surface area contributed by atoms with Crippen LogP contribution < -0.4 is 5.73 Å². The summed E-state index contributed by atoms with van der Waals surface area (Å²) in [6, 6.07) is -0.280. The highest BCUT2D eigenvalue weighted by Gasteiger charge is 2.03. The minimum Gasteiger partial charge on any atom is -0.469 e. The highest BCUT2D eigenvalue weighted by atomic mass is 16.5. The Morgan fingerprint density at radius 2 is 2.56 bits per heavy atom. The second-order valence-electron chi connectivity index (χ2n) is 1.68. The molecule has 2 N–H and O–H groups in total. The van der Waals surface area contributed by atoms with E-state index >= 15 is 0 Å². The van der Waals surface area contributed by atoms with Crippen LogP contribution in [-0.2, 0) is 9.53 Å². The number of nitrogens with two attached hydrogens (primary N) is 1. The van der Waals surface area contributed by atoms with E-state index in [0.29, 0.717) is 0 Å². The molecule has 1 atom stereocenters. The third-order valence-electron chi connectivity index (χ3n) is 0.933. The van der Waals surface area contributed by atoms with Crippen LogP contribution in [0.5, 0.6) is 0 Å². The number of carbonyl (C=O) groups is 1. The molecule has 0 bridgehead atoms. The summed E-state index contributed by atoms with van der Waals surface area (Å²) in [4.78, 5) is 10.4. The van der Waals surface area contributed by atoms with Crippen LogP contribution in [0.1, 0.15) is 6.42 Å². The van der Waals surface area contributed by atoms with E-state index < -0.39 is 0 Å². The first kappa shape index (κ1) is 8.17. The lowest BCUT2D eigenvalue weighted by atomic mass is 10.2. The van der Waals surface area contributed by atoms with Crippen LogP contribution in [0.2, 0.25) is 0 Å². The lowest BCUT2D eigenvalue weighted by Crippen LogP contribution is -2.21. The summed E-state index contributed by atoms with van der Waals surface area (Å²) in [5.41, 5.74) is 5.33. The maximum atomic E-state index is 10.4. The van der Waals surface area contributed by atoms with Crippen LogP contribution in [0.4, 0.5) is 0 Å². The maximum absolute atomic E-state index is 10.4. The molecule has 0 aromatic rings. The molecule has 0 fully saturated rings. The van der Waals surface area contributed by atoms with Crippen molar-refractivity contribution in [3.05, 3.63) is 12.7 Å². The molecule has 52 valence electrons. The number of hydrogen-bond acceptors (Lipinski definition) is 3. The highest BCUT2D eigenvalue weighted by molar-refractivity contribution is 5.70. The molecule has 0 aliphatic carbocycles. The van der Waals surface area contributed by atoms with Crippen molar-refractivity contribution in [3.63, 3.8) is 0 Å². The number of hydrogen-bond donors (Lipinski definition) is 1. The summed E-state index contributed by atoms with van der Waals surface area (Å²) in [6.45, 7) is 3.42. The lowest BCUT2D eigenvalue weighted by Gasteiger charge is -2.01. The largest absolute Gasteiger partial charge is 0.469 e. The Bertz CT molecular complexity index is 112. The predicted molar refractivity (Wildman–Crippen MR) is 34.8 cm³/mol. The van der Waals surface area contributed by atoms with Gasteiger partial charge in [-0.2, -0.15) is 0 Å². The van der Waals surface area contributed by atoms with E-state index in [4.69, 9.17) is 5.73 Å². The van der Waals surface area contributed by atoms with Crippen LogP contribution in [0.3, 0.4) is 0 Å². The van der Waals surface area contributed by atoms with Gasteiger partial charge in [0.05, 0.1) is 13.5 Å². The first-order valence-corrected chi connectivity index (χ1v) is 2.65. The molecule has 0 heterocycles. The van der Waals surface area contributed by atoms with Crippen LogP contribution in [0.15, 0.2) is 12.7 Å². The summed E-state index contributed by atoms with van der Waals surface area (Å²) < 4.78 is 4.36. The molecule has 0 spiro atoms. The fourth-order valence-electron chi connectivity index (χ4n) is 0.359. The van der Waals surface area contributed by atoms with Gasteiger partial charge in [0.15, 0.2) is 0 Å². The Morgan fingerprint density at radius 3 is 2.89 bits per heavy atom. The Kier molecular flexibility index (Phi) is 3.71. The molecular formula is C6H11NO2. The monoisotopic (exact) mass is 129 g/mol. The maximum Gasteiger partial charge on any atom is 0.307 e. The molecule has 0 aromatic carbocycles. The molecule has 0 saturated heterocycles. The molecule has 0 rings (SSSR count). The zero-order valence-electron chi connectivity index (χ0n) is 5.46. The van der Waals surface area contributed by atoms with Gasteiger partial charge in [-0.05, 0) is 0 Å². The minimum absolute atomic E-state index is 0.208. The van der Waals surface area contributed by atoms with E-state index in [9.17, 15) is 4.79 Å². The number of ether oxygens (including phenoxy) is 1. The molecule has 0 aromatic heterocycles. The number of carbonyl (C=O) groups excluding carboxylic acids is 1. The summed E-state index contributed by atoms with van der Waals surface area (Å²) in [5.74, 6) is -0.303. The van der Waals surface area contributed by atoms with Gasteiger partial charge in [0.25, 0.3) is 0 Å². The summed E-state index contributed by atoms with van der Waals surface area (Å²) in [6.07, 6.45) is 1.72. The second kappa shape index (κ2) is 4.09. The first-order valence-electron chi connectivity index (χ1n) is 2.65. The Balaban J connectivity index is 3.46. The molecule has 0 amide bonds. The molecule has 0 radical (unpaired) electrons. The predicted octanol–water partition coefficient (Wildman–Crippen LogP) is 0.0628. The quantitative estimate of drug-likeness (QED) is 0.433. The normalized spacial score (nSPS) is 12.2. The Morgan fingerprint density at radius 1 is 2.00 bits per heavy atom. The fraction of sp³-hybridized carbons (Fsp3) is 0.500. The van der Waals surface area contributed by atoms with Crippen molar-refractivity contribution in [2.45, 2.75) is 12.5 Å². The van der Waals surface area contributed by atoms with Gasteiger partial charge in [-0.25, -0.2) is 0 Å². The molecule has 0 saturated carbocycles. The van der Waals surface area contributed by atoms with E-state index in [1.807, 2.05) is 0 Å². The molecule has 0 aliphatic rings. The van der Waals surface area contributed by atoms with E-state index in [1.54, 1.807) is 0 Å². The SMILES string of the molecule is C=C[C@@H](N)CC(=O)OC. The van der Waals surface area contributed by atoms with Crippen LogP contribution >= 0.6 is 0 Å². The average molecular weight is 129 g/mol. The van der Waals surface area contributed by atoms with Crippen LogP contribution in [0.25, 0.3) is 0 Å². The molecule has 3 nitrogen and oxygen atoms in total. The Labute approximate surface area is 54.5 Å². The summed E-state index contributed by atoms with van der Waals surface area (Å²) >= 11 is 0. The molecule has 0 aliphatic heterocycles.